The lowest BCUT2D eigenvalue weighted by Gasteiger charge is -2.27. The van der Waals surface area contributed by atoms with Crippen molar-refractivity contribution in [3.63, 3.8) is 0 Å². The average molecular weight is 361 g/mol. The summed E-state index contributed by atoms with van der Waals surface area (Å²) < 4.78 is 0. The third-order valence-corrected chi connectivity index (χ3v) is 6.01. The highest BCUT2D eigenvalue weighted by molar-refractivity contribution is 6.37. The summed E-state index contributed by atoms with van der Waals surface area (Å²) in [5.41, 5.74) is 0.667. The van der Waals surface area contributed by atoms with Crippen LogP contribution in [-0.4, -0.2) is 46.7 Å². The standard InChI is InChI=1S/C19H21ClN2O3/c20-15-8-4-7-14-16(15)19(25)22(18(14)24)13-9-10-21(11-13)17(23)12-5-2-1-3-6-12/h4,7-8,12-13H,1-3,5-6,9-11H2. The zero-order chi connectivity index (χ0) is 17.6. The fourth-order valence-corrected chi connectivity index (χ4v) is 4.61. The number of nitrogens with zero attached hydrogens (tertiary/aromatic N) is 2. The van der Waals surface area contributed by atoms with E-state index in [1.807, 2.05) is 4.90 Å². The summed E-state index contributed by atoms with van der Waals surface area (Å²) in [5.74, 6) is -0.317. The molecule has 0 aromatic heterocycles. The molecule has 25 heavy (non-hydrogen) atoms. The summed E-state index contributed by atoms with van der Waals surface area (Å²) in [6, 6.07) is 4.70. The number of rotatable bonds is 2. The SMILES string of the molecule is O=C(C1CCCCC1)N1CCC(N2C(=O)c3cccc(Cl)c3C2=O)C1. The Bertz CT molecular complexity index is 742. The zero-order valence-electron chi connectivity index (χ0n) is 14.0. The quantitative estimate of drug-likeness (QED) is 0.761. The van der Waals surface area contributed by atoms with Gasteiger partial charge in [-0.05, 0) is 31.4 Å². The summed E-state index contributed by atoms with van der Waals surface area (Å²) in [6.45, 7) is 1.06. The lowest BCUT2D eigenvalue weighted by molar-refractivity contribution is -0.135. The molecule has 1 unspecified atom stereocenters. The monoisotopic (exact) mass is 360 g/mol. The van der Waals surface area contributed by atoms with Gasteiger partial charge in [0.2, 0.25) is 5.91 Å². The van der Waals surface area contributed by atoms with Crippen molar-refractivity contribution in [2.24, 2.45) is 5.92 Å². The number of carbonyl (C=O) groups excluding carboxylic acids is 3. The van der Waals surface area contributed by atoms with Gasteiger partial charge in [-0.1, -0.05) is 36.9 Å². The highest BCUT2D eigenvalue weighted by Crippen LogP contribution is 2.33. The third kappa shape index (κ3) is 2.74. The molecule has 0 radical (unpaired) electrons. The maximum absolute atomic E-state index is 12.7. The molecule has 5 nitrogen and oxygen atoms in total. The fraction of sp³-hybridized carbons (Fsp3) is 0.526. The largest absolute Gasteiger partial charge is 0.340 e. The summed E-state index contributed by atoms with van der Waals surface area (Å²) in [4.78, 5) is 41.2. The molecule has 1 saturated heterocycles. The Labute approximate surface area is 151 Å². The van der Waals surface area contributed by atoms with Crippen LogP contribution >= 0.6 is 11.6 Å². The summed E-state index contributed by atoms with van der Waals surface area (Å²) in [5, 5.41) is 0.312. The van der Waals surface area contributed by atoms with Gasteiger partial charge in [0.25, 0.3) is 11.8 Å². The van der Waals surface area contributed by atoms with E-state index in [-0.39, 0.29) is 29.7 Å². The Morgan fingerprint density at radius 2 is 1.80 bits per heavy atom. The zero-order valence-corrected chi connectivity index (χ0v) is 14.8. The van der Waals surface area contributed by atoms with Crippen LogP contribution in [0.25, 0.3) is 0 Å². The van der Waals surface area contributed by atoms with Crippen LogP contribution in [0.5, 0.6) is 0 Å². The van der Waals surface area contributed by atoms with Gasteiger partial charge in [-0.3, -0.25) is 19.3 Å². The van der Waals surface area contributed by atoms with Crippen molar-refractivity contribution in [2.75, 3.05) is 13.1 Å². The number of amides is 3. The topological polar surface area (TPSA) is 57.7 Å². The molecule has 1 atom stereocenters. The lowest BCUT2D eigenvalue weighted by Crippen LogP contribution is -2.43. The van der Waals surface area contributed by atoms with Crippen LogP contribution in [0.15, 0.2) is 18.2 Å². The molecule has 0 N–H and O–H groups in total. The Morgan fingerprint density at radius 3 is 2.52 bits per heavy atom. The summed E-state index contributed by atoms with van der Waals surface area (Å²) >= 11 is 6.12. The molecule has 2 aliphatic heterocycles. The van der Waals surface area contributed by atoms with Gasteiger partial charge in [0.05, 0.1) is 22.2 Å². The van der Waals surface area contributed by atoms with Gasteiger partial charge in [0, 0.05) is 19.0 Å². The van der Waals surface area contributed by atoms with Crippen LogP contribution in [0.2, 0.25) is 5.02 Å². The molecule has 1 aliphatic carbocycles. The number of carbonyl (C=O) groups is 3. The van der Waals surface area contributed by atoms with E-state index in [0.717, 1.165) is 25.7 Å². The van der Waals surface area contributed by atoms with Crippen LogP contribution in [0, 0.1) is 5.92 Å². The number of imide groups is 1. The van der Waals surface area contributed by atoms with Crippen LogP contribution in [0.3, 0.4) is 0 Å². The molecule has 1 aromatic rings. The number of hydrogen-bond donors (Lipinski definition) is 0. The Balaban J connectivity index is 1.49. The molecular weight excluding hydrogens is 340 g/mol. The van der Waals surface area contributed by atoms with E-state index in [1.54, 1.807) is 18.2 Å². The maximum atomic E-state index is 12.7. The molecule has 2 heterocycles. The van der Waals surface area contributed by atoms with E-state index in [0.29, 0.717) is 35.7 Å². The third-order valence-electron chi connectivity index (χ3n) is 5.69. The van der Waals surface area contributed by atoms with E-state index in [9.17, 15) is 14.4 Å². The van der Waals surface area contributed by atoms with Crippen molar-refractivity contribution in [3.05, 3.63) is 34.3 Å². The second-order valence-electron chi connectivity index (χ2n) is 7.20. The molecule has 0 spiro atoms. The minimum atomic E-state index is -0.331. The normalized spacial score (nSPS) is 24.1. The van der Waals surface area contributed by atoms with Crippen LogP contribution < -0.4 is 0 Å². The van der Waals surface area contributed by atoms with Gasteiger partial charge >= 0.3 is 0 Å². The van der Waals surface area contributed by atoms with Gasteiger partial charge in [-0.2, -0.15) is 0 Å². The van der Waals surface area contributed by atoms with E-state index >= 15 is 0 Å². The van der Waals surface area contributed by atoms with Crippen molar-refractivity contribution in [2.45, 2.75) is 44.6 Å². The van der Waals surface area contributed by atoms with E-state index in [1.165, 1.54) is 11.3 Å². The summed E-state index contributed by atoms with van der Waals surface area (Å²) in [6.07, 6.45) is 6.00. The first-order chi connectivity index (χ1) is 12.1. The molecule has 0 bridgehead atoms. The molecule has 3 aliphatic rings. The van der Waals surface area contributed by atoms with E-state index in [4.69, 9.17) is 11.6 Å². The number of fused-ring (bicyclic) bond motifs is 1. The minimum absolute atomic E-state index is 0.115. The summed E-state index contributed by atoms with van der Waals surface area (Å²) in [7, 11) is 0. The van der Waals surface area contributed by atoms with Crippen LogP contribution in [-0.2, 0) is 4.79 Å². The first-order valence-corrected chi connectivity index (χ1v) is 9.41. The highest BCUT2D eigenvalue weighted by atomic mass is 35.5. The predicted octanol–water partition coefficient (Wildman–Crippen LogP) is 3.12. The minimum Gasteiger partial charge on any atom is -0.340 e. The number of likely N-dealkylation sites (tertiary alicyclic amines) is 1. The number of benzene rings is 1. The molecule has 1 aromatic carbocycles. The number of halogens is 1. The van der Waals surface area contributed by atoms with E-state index < -0.39 is 0 Å². The van der Waals surface area contributed by atoms with Gasteiger partial charge in [-0.15, -0.1) is 0 Å². The van der Waals surface area contributed by atoms with E-state index in [2.05, 4.69) is 0 Å². The first-order valence-electron chi connectivity index (χ1n) is 9.03. The lowest BCUT2D eigenvalue weighted by atomic mass is 9.88. The van der Waals surface area contributed by atoms with Crippen molar-refractivity contribution in [1.29, 1.82) is 0 Å². The first kappa shape index (κ1) is 16.6. The Kier molecular flexibility index (Phi) is 4.28. The Hall–Kier alpha value is -1.88. The predicted molar refractivity (Wildman–Crippen MR) is 93.5 cm³/mol. The second kappa shape index (κ2) is 6.45. The van der Waals surface area contributed by atoms with Crippen LogP contribution in [0.1, 0.15) is 59.2 Å². The second-order valence-corrected chi connectivity index (χ2v) is 7.61. The maximum Gasteiger partial charge on any atom is 0.263 e. The molecule has 4 rings (SSSR count). The molecular formula is C19H21ClN2O3. The van der Waals surface area contributed by atoms with Crippen molar-refractivity contribution in [3.8, 4) is 0 Å². The van der Waals surface area contributed by atoms with Gasteiger partial charge in [0.1, 0.15) is 0 Å². The molecule has 3 amide bonds. The van der Waals surface area contributed by atoms with Crippen molar-refractivity contribution >= 4 is 29.3 Å². The molecule has 132 valence electrons. The smallest absolute Gasteiger partial charge is 0.263 e. The van der Waals surface area contributed by atoms with Crippen molar-refractivity contribution in [1.82, 2.24) is 9.80 Å². The molecule has 6 heteroatoms. The van der Waals surface area contributed by atoms with Gasteiger partial charge < -0.3 is 4.90 Å². The van der Waals surface area contributed by atoms with Crippen molar-refractivity contribution < 1.29 is 14.4 Å². The number of hydrogen-bond acceptors (Lipinski definition) is 3. The van der Waals surface area contributed by atoms with Crippen LogP contribution in [0.4, 0.5) is 0 Å². The van der Waals surface area contributed by atoms with Gasteiger partial charge in [-0.25, -0.2) is 0 Å². The highest BCUT2D eigenvalue weighted by Gasteiger charge is 2.44. The average Bonchev–Trinajstić information content (AvgIpc) is 3.19. The Morgan fingerprint density at radius 1 is 1.04 bits per heavy atom. The fourth-order valence-electron chi connectivity index (χ4n) is 4.35. The molecule has 2 fully saturated rings. The molecule has 1 saturated carbocycles. The van der Waals surface area contributed by atoms with Gasteiger partial charge in [0.15, 0.2) is 0 Å².